The number of methoxy groups -OCH3 is 1. The molecule has 0 spiro atoms. The largest absolute Gasteiger partial charge is 0.394 e. The summed E-state index contributed by atoms with van der Waals surface area (Å²) in [6, 6.07) is 0. The van der Waals surface area contributed by atoms with E-state index < -0.39 is 40.8 Å². The van der Waals surface area contributed by atoms with E-state index in [1.165, 1.54) is 7.11 Å². The third-order valence-electron chi connectivity index (χ3n) is 2.86. The number of hydrogen-bond acceptors (Lipinski definition) is 6. The third-order valence-corrected chi connectivity index (χ3v) is 3.39. The van der Waals surface area contributed by atoms with Gasteiger partial charge in [-0.1, -0.05) is 34.8 Å². The lowest BCUT2D eigenvalue weighted by molar-refractivity contribution is -0.271. The smallest absolute Gasteiger partial charge is 0.240 e. The Labute approximate surface area is 119 Å². The second kappa shape index (κ2) is 5.55. The first-order chi connectivity index (χ1) is 8.38. The van der Waals surface area contributed by atoms with Gasteiger partial charge in [0.2, 0.25) is 10.1 Å². The van der Waals surface area contributed by atoms with Gasteiger partial charge in [0.25, 0.3) is 0 Å². The monoisotopic (exact) mass is 322 g/mol. The van der Waals surface area contributed by atoms with E-state index in [2.05, 4.69) is 0 Å². The zero-order valence-electron chi connectivity index (χ0n) is 9.33. The van der Waals surface area contributed by atoms with Gasteiger partial charge in [-0.2, -0.15) is 0 Å². The number of ether oxygens (including phenoxy) is 4. The van der Waals surface area contributed by atoms with E-state index in [0.29, 0.717) is 0 Å². The van der Waals surface area contributed by atoms with E-state index >= 15 is 0 Å². The lowest BCUT2D eigenvalue weighted by atomic mass is 9.99. The molecule has 6 atom stereocenters. The highest BCUT2D eigenvalue weighted by atomic mass is 35.6. The van der Waals surface area contributed by atoms with Gasteiger partial charge in [-0.25, -0.2) is 0 Å². The molecule has 106 valence electrons. The summed E-state index contributed by atoms with van der Waals surface area (Å²) >= 11 is 17.0. The van der Waals surface area contributed by atoms with Crippen molar-refractivity contribution >= 4 is 34.8 Å². The summed E-state index contributed by atoms with van der Waals surface area (Å²) in [7, 11) is 1.40. The van der Waals surface area contributed by atoms with Crippen molar-refractivity contribution in [2.24, 2.45) is 0 Å². The number of rotatable bonds is 2. The predicted octanol–water partition coefficient (Wildman–Crippen LogP) is 0.191. The molecule has 0 aromatic heterocycles. The van der Waals surface area contributed by atoms with Crippen molar-refractivity contribution < 1.29 is 29.2 Å². The average molecular weight is 324 g/mol. The minimum Gasteiger partial charge on any atom is -0.394 e. The first-order valence-corrected chi connectivity index (χ1v) is 6.36. The Morgan fingerprint density at radius 2 is 1.78 bits per heavy atom. The van der Waals surface area contributed by atoms with Crippen molar-refractivity contribution in [2.75, 3.05) is 13.7 Å². The highest BCUT2D eigenvalue weighted by Crippen LogP contribution is 2.42. The van der Waals surface area contributed by atoms with E-state index in [9.17, 15) is 5.11 Å². The Morgan fingerprint density at radius 1 is 1.17 bits per heavy atom. The Kier molecular flexibility index (Phi) is 4.64. The van der Waals surface area contributed by atoms with Gasteiger partial charge in [0, 0.05) is 7.11 Å². The van der Waals surface area contributed by atoms with Crippen LogP contribution in [0.5, 0.6) is 0 Å². The molecule has 0 aromatic rings. The van der Waals surface area contributed by atoms with Gasteiger partial charge < -0.3 is 29.2 Å². The first-order valence-electron chi connectivity index (χ1n) is 5.23. The lowest BCUT2D eigenvalue weighted by Crippen LogP contribution is -2.57. The Morgan fingerprint density at radius 3 is 2.28 bits per heavy atom. The van der Waals surface area contributed by atoms with E-state index in [-0.39, 0.29) is 6.61 Å². The van der Waals surface area contributed by atoms with Crippen LogP contribution in [0.15, 0.2) is 0 Å². The number of aliphatic hydroxyl groups excluding tert-OH is 2. The summed E-state index contributed by atoms with van der Waals surface area (Å²) in [5, 5.41) is 19.1. The van der Waals surface area contributed by atoms with Gasteiger partial charge in [0.1, 0.15) is 24.4 Å². The fourth-order valence-corrected chi connectivity index (χ4v) is 2.31. The van der Waals surface area contributed by atoms with Gasteiger partial charge in [-0.15, -0.1) is 0 Å². The number of hydrogen-bond donors (Lipinski definition) is 2. The summed E-state index contributed by atoms with van der Waals surface area (Å²) in [5.74, 6) is 0. The molecule has 0 saturated carbocycles. The SMILES string of the molecule is CO[C@@H]1O[C@H](CO)[C@@H](O)[C@@H]2O[C@H](C(Cl)(Cl)Cl)O[C@@H]12. The van der Waals surface area contributed by atoms with Crippen molar-refractivity contribution in [3.05, 3.63) is 0 Å². The molecule has 2 heterocycles. The standard InChI is InChI=1S/C9H13Cl3O6/c1-15-7-6-5(4(14)3(2-13)16-7)17-8(18-6)9(10,11)12/h3-8,13-14H,2H2,1H3/t3-,4-,5+,6-,7-,8+/m1/s1. The third kappa shape index (κ3) is 2.72. The predicted molar refractivity (Wildman–Crippen MR) is 62.6 cm³/mol. The summed E-state index contributed by atoms with van der Waals surface area (Å²) < 4.78 is 19.3. The number of halogens is 3. The highest BCUT2D eigenvalue weighted by molar-refractivity contribution is 6.67. The molecule has 9 heteroatoms. The molecule has 2 rings (SSSR count). The molecule has 0 radical (unpaired) electrons. The van der Waals surface area contributed by atoms with Crippen molar-refractivity contribution in [3.8, 4) is 0 Å². The molecule has 6 nitrogen and oxygen atoms in total. The molecule has 2 N–H and O–H groups in total. The van der Waals surface area contributed by atoms with Crippen molar-refractivity contribution in [1.82, 2.24) is 0 Å². The second-order valence-electron chi connectivity index (χ2n) is 4.03. The van der Waals surface area contributed by atoms with Gasteiger partial charge in [-0.05, 0) is 0 Å². The topological polar surface area (TPSA) is 77.4 Å². The van der Waals surface area contributed by atoms with Gasteiger partial charge in [0.05, 0.1) is 6.61 Å². The minimum atomic E-state index is -1.79. The Hall–Kier alpha value is 0.630. The highest BCUT2D eigenvalue weighted by Gasteiger charge is 2.56. The van der Waals surface area contributed by atoms with Crippen molar-refractivity contribution in [3.63, 3.8) is 0 Å². The summed E-state index contributed by atoms with van der Waals surface area (Å²) in [6.07, 6.45) is -5.40. The molecule has 2 aliphatic heterocycles. The van der Waals surface area contributed by atoms with Gasteiger partial charge in [0.15, 0.2) is 6.29 Å². The van der Waals surface area contributed by atoms with Crippen LogP contribution in [0.3, 0.4) is 0 Å². The molecular weight excluding hydrogens is 310 g/mol. The van der Waals surface area contributed by atoms with Crippen molar-refractivity contribution in [1.29, 1.82) is 0 Å². The number of alkyl halides is 3. The summed E-state index contributed by atoms with van der Waals surface area (Å²) in [4.78, 5) is 0. The van der Waals surface area contributed by atoms with Crippen molar-refractivity contribution in [2.45, 2.75) is 40.8 Å². The molecule has 0 aliphatic carbocycles. The quantitative estimate of drug-likeness (QED) is 0.707. The molecule has 0 amide bonds. The maximum Gasteiger partial charge on any atom is 0.240 e. The number of aliphatic hydroxyl groups is 2. The molecule has 2 saturated heterocycles. The van der Waals surface area contributed by atoms with E-state index in [4.69, 9.17) is 58.9 Å². The lowest BCUT2D eigenvalue weighted by Gasteiger charge is -2.38. The van der Waals surface area contributed by atoms with E-state index in [1.54, 1.807) is 0 Å². The summed E-state index contributed by atoms with van der Waals surface area (Å²) in [5.41, 5.74) is 0. The van der Waals surface area contributed by atoms with Gasteiger partial charge >= 0.3 is 0 Å². The van der Waals surface area contributed by atoms with Crippen LogP contribution in [0.4, 0.5) is 0 Å². The van der Waals surface area contributed by atoms with Gasteiger partial charge in [-0.3, -0.25) is 0 Å². The minimum absolute atomic E-state index is 0.383. The fourth-order valence-electron chi connectivity index (χ4n) is 2.00. The van der Waals surface area contributed by atoms with E-state index in [0.717, 1.165) is 0 Å². The van der Waals surface area contributed by atoms with Crippen LogP contribution in [0, 0.1) is 0 Å². The first kappa shape index (κ1) is 15.0. The van der Waals surface area contributed by atoms with Crippen LogP contribution in [0.1, 0.15) is 0 Å². The normalized spacial score (nSPS) is 45.0. The maximum atomic E-state index is 9.96. The molecule has 18 heavy (non-hydrogen) atoms. The summed E-state index contributed by atoms with van der Waals surface area (Å²) in [6.45, 7) is -0.383. The Bertz CT molecular complexity index is 299. The average Bonchev–Trinajstić information content (AvgIpc) is 2.75. The number of fused-ring (bicyclic) bond motifs is 1. The molecule has 2 fully saturated rings. The van der Waals surface area contributed by atoms with Crippen LogP contribution in [-0.2, 0) is 18.9 Å². The van der Waals surface area contributed by atoms with Crippen LogP contribution in [0.25, 0.3) is 0 Å². The Balaban J connectivity index is 2.16. The van der Waals surface area contributed by atoms with E-state index in [1.807, 2.05) is 0 Å². The molecular formula is C9H13Cl3O6. The van der Waals surface area contributed by atoms with Crippen LogP contribution in [-0.4, -0.2) is 64.7 Å². The zero-order chi connectivity index (χ0) is 13.5. The van der Waals surface area contributed by atoms with Crippen LogP contribution in [0.2, 0.25) is 0 Å². The van der Waals surface area contributed by atoms with Crippen LogP contribution < -0.4 is 0 Å². The second-order valence-corrected chi connectivity index (χ2v) is 6.40. The molecule has 0 unspecified atom stereocenters. The van der Waals surface area contributed by atoms with Crippen LogP contribution >= 0.6 is 34.8 Å². The fraction of sp³-hybridized carbons (Fsp3) is 1.00. The molecule has 2 aliphatic rings. The molecule has 0 aromatic carbocycles. The molecule has 0 bridgehead atoms. The maximum absolute atomic E-state index is 9.96. The zero-order valence-corrected chi connectivity index (χ0v) is 11.6.